The van der Waals surface area contributed by atoms with Gasteiger partial charge in [0.25, 0.3) is 0 Å². The summed E-state index contributed by atoms with van der Waals surface area (Å²) in [5.41, 5.74) is 38.3. The molecule has 0 fully saturated rings. The first-order chi connectivity index (χ1) is 61.5. The van der Waals surface area contributed by atoms with E-state index in [9.17, 15) is 0 Å². The van der Waals surface area contributed by atoms with Gasteiger partial charge in [0.1, 0.15) is 0 Å². The summed E-state index contributed by atoms with van der Waals surface area (Å²) in [7, 11) is 0. The van der Waals surface area contributed by atoms with Crippen molar-refractivity contribution in [3.05, 3.63) is 485 Å². The van der Waals surface area contributed by atoms with E-state index in [2.05, 4.69) is 504 Å². The molecule has 0 amide bonds. The summed E-state index contributed by atoms with van der Waals surface area (Å²) < 4.78 is 9.71. The number of benzene rings is 20. The van der Waals surface area contributed by atoms with E-state index in [-0.39, 0.29) is 0 Å². The second kappa shape index (κ2) is 31.1. The van der Waals surface area contributed by atoms with E-state index in [0.29, 0.717) is 0 Å². The molecule has 0 saturated carbocycles. The van der Waals surface area contributed by atoms with Gasteiger partial charge >= 0.3 is 0 Å². The molecule has 0 aliphatic heterocycles. The average Bonchev–Trinajstić information content (AvgIpc) is 1.58. The second-order valence-electron chi connectivity index (χ2n) is 32.2. The average molecular weight is 1580 g/mol. The first-order valence-electron chi connectivity index (χ1n) is 42.7. The van der Waals surface area contributed by atoms with Crippen LogP contribution in [0, 0.1) is 0 Å². The molecule has 20 aromatic carbocycles. The Balaban J connectivity index is 0.000000143. The molecule has 0 bridgehead atoms. The lowest BCUT2D eigenvalue weighted by atomic mass is 9.94. The maximum absolute atomic E-state index is 2.43. The lowest BCUT2D eigenvalue weighted by Crippen LogP contribution is -1.96. The smallest absolute Gasteiger partial charge is 0.0541 e. The molecule has 24 aromatic rings. The highest BCUT2D eigenvalue weighted by Crippen LogP contribution is 2.46. The normalized spacial score (nSPS) is 11.5. The van der Waals surface area contributed by atoms with Crippen molar-refractivity contribution in [2.24, 2.45) is 0 Å². The molecule has 0 spiro atoms. The number of rotatable bonds is 14. The number of hydrogen-bond donors (Lipinski definition) is 0. The van der Waals surface area contributed by atoms with E-state index in [1.54, 1.807) is 0 Å². The maximum Gasteiger partial charge on any atom is 0.0541 e. The summed E-state index contributed by atoms with van der Waals surface area (Å²) in [4.78, 5) is 0. The van der Waals surface area contributed by atoms with Gasteiger partial charge in [0, 0.05) is 65.8 Å². The van der Waals surface area contributed by atoms with Crippen LogP contribution in [0.2, 0.25) is 0 Å². The Labute approximate surface area is 719 Å². The topological polar surface area (TPSA) is 19.7 Å². The first-order valence-corrected chi connectivity index (χ1v) is 42.7. The van der Waals surface area contributed by atoms with Crippen molar-refractivity contribution in [2.75, 3.05) is 0 Å². The van der Waals surface area contributed by atoms with E-state index >= 15 is 0 Å². The summed E-state index contributed by atoms with van der Waals surface area (Å²) in [6.45, 7) is 0. The van der Waals surface area contributed by atoms with Crippen LogP contribution in [0.3, 0.4) is 0 Å². The fourth-order valence-corrected chi connectivity index (χ4v) is 19.3. The fraction of sp³-hybridized carbons (Fsp3) is 0. The van der Waals surface area contributed by atoms with Crippen LogP contribution in [0.5, 0.6) is 0 Å². The Bertz CT molecular complexity index is 7940. The van der Waals surface area contributed by atoms with Gasteiger partial charge in [-0.1, -0.05) is 364 Å². The van der Waals surface area contributed by atoms with Gasteiger partial charge in [-0.05, 0) is 233 Å². The van der Waals surface area contributed by atoms with Gasteiger partial charge in [0.05, 0.1) is 44.1 Å². The molecular weight excluding hydrogens is 1500 g/mol. The van der Waals surface area contributed by atoms with Gasteiger partial charge in [-0.15, -0.1) is 0 Å². The predicted octanol–water partition coefficient (Wildman–Crippen LogP) is 32.4. The number of fused-ring (bicyclic) bond motifs is 12. The molecule has 0 saturated heterocycles. The van der Waals surface area contributed by atoms with Crippen molar-refractivity contribution in [3.63, 3.8) is 0 Å². The molecule has 4 heteroatoms. The van der Waals surface area contributed by atoms with Crippen LogP contribution in [0.15, 0.2) is 485 Å². The van der Waals surface area contributed by atoms with Crippen LogP contribution >= 0.6 is 0 Å². The standard InChI is InChI=1S/2C60H40N2/c1-5-17-41(18-6-1)49-33-31-47(39-53(49)43-21-9-3-10-22-43)61-57-27-15-13-25-51(57)55-37-45(29-35-59(55)61)46-30-36-60-56(38-46)52-26-14-16-28-58(52)62(60)48-32-34-50(42-19-7-2-8-20-42)54(40-48)44-23-11-4-12-24-44;1-4-17-41(18-5-1)49-25-10-11-26-50(49)46-23-16-24-47(37-46)61-57-29-14-12-27-52(57)55-38-44(31-35-59(55)61)45-32-36-60-56(39-45)53-28-13-15-30-58(53)62(60)48-33-34-51(42-19-6-2-7-20-42)54(40-48)43-21-8-3-9-22-43/h2*1-40H. The lowest BCUT2D eigenvalue weighted by Gasteiger charge is -2.15. The third-order valence-corrected chi connectivity index (χ3v) is 25.1. The first kappa shape index (κ1) is 72.8. The number of hydrogen-bond acceptors (Lipinski definition) is 0. The van der Waals surface area contributed by atoms with Crippen molar-refractivity contribution in [3.8, 4) is 134 Å². The fourth-order valence-electron chi connectivity index (χ4n) is 19.3. The molecule has 4 heterocycles. The highest BCUT2D eigenvalue weighted by Gasteiger charge is 2.23. The molecule has 0 atom stereocenters. The van der Waals surface area contributed by atoms with Crippen molar-refractivity contribution in [1.29, 1.82) is 0 Å². The molecular formula is C120H80N4. The van der Waals surface area contributed by atoms with Gasteiger partial charge in [0.15, 0.2) is 0 Å². The van der Waals surface area contributed by atoms with E-state index < -0.39 is 0 Å². The minimum absolute atomic E-state index is 1.14. The Morgan fingerprint density at radius 1 is 0.0968 bits per heavy atom. The largest absolute Gasteiger partial charge is 0.309 e. The monoisotopic (exact) mass is 1580 g/mol. The van der Waals surface area contributed by atoms with Gasteiger partial charge in [-0.3, -0.25) is 0 Å². The SMILES string of the molecule is c1ccc(-c2ccc(-n3c4ccccc4c4cc(-c5ccc6c(c5)c5ccccc5n6-c5ccc(-c6ccccc6)c(-c6ccccc6)c5)ccc43)cc2-c2ccccc2)cc1.c1ccc(-c2ccccc2-c2cccc(-n3c4ccccc4c4cc(-c5ccc6c(c5)c5ccccc5n6-c5ccc(-c6ccccc6)c(-c6ccccc6)c5)ccc43)c2)cc1. The van der Waals surface area contributed by atoms with Crippen LogP contribution < -0.4 is 0 Å². The van der Waals surface area contributed by atoms with E-state index in [1.165, 1.54) is 198 Å². The molecule has 0 aliphatic carbocycles. The van der Waals surface area contributed by atoms with E-state index in [0.717, 1.165) is 22.7 Å². The summed E-state index contributed by atoms with van der Waals surface area (Å²) >= 11 is 0. The molecule has 0 radical (unpaired) electrons. The lowest BCUT2D eigenvalue weighted by molar-refractivity contribution is 1.18. The maximum atomic E-state index is 2.43. The Morgan fingerprint density at radius 3 is 0.573 bits per heavy atom. The number of aromatic nitrogens is 4. The molecule has 4 aromatic heterocycles. The predicted molar refractivity (Wildman–Crippen MR) is 525 cm³/mol. The second-order valence-corrected chi connectivity index (χ2v) is 32.2. The molecule has 4 nitrogen and oxygen atoms in total. The molecule has 124 heavy (non-hydrogen) atoms. The van der Waals surface area contributed by atoms with Crippen molar-refractivity contribution in [1.82, 2.24) is 18.3 Å². The zero-order valence-electron chi connectivity index (χ0n) is 68.0. The minimum Gasteiger partial charge on any atom is -0.309 e. The molecule has 24 rings (SSSR count). The summed E-state index contributed by atoms with van der Waals surface area (Å²) in [5, 5.41) is 9.91. The minimum atomic E-state index is 1.14. The molecule has 580 valence electrons. The van der Waals surface area contributed by atoms with Gasteiger partial charge in [0.2, 0.25) is 0 Å². The van der Waals surface area contributed by atoms with Crippen LogP contribution in [-0.4, -0.2) is 18.3 Å². The summed E-state index contributed by atoms with van der Waals surface area (Å²) in [5.74, 6) is 0. The van der Waals surface area contributed by atoms with Crippen molar-refractivity contribution < 1.29 is 0 Å². The van der Waals surface area contributed by atoms with Crippen molar-refractivity contribution >= 4 is 87.2 Å². The number of para-hydroxylation sites is 4. The van der Waals surface area contributed by atoms with Crippen LogP contribution in [0.25, 0.3) is 221 Å². The summed E-state index contributed by atoms with van der Waals surface area (Å²) in [6.07, 6.45) is 0. The van der Waals surface area contributed by atoms with E-state index in [1.807, 2.05) is 0 Å². The molecule has 0 N–H and O–H groups in total. The summed E-state index contributed by atoms with van der Waals surface area (Å²) in [6, 6.07) is 177. The van der Waals surface area contributed by atoms with Crippen LogP contribution in [0.1, 0.15) is 0 Å². The van der Waals surface area contributed by atoms with Gasteiger partial charge in [-0.25, -0.2) is 0 Å². The Kier molecular flexibility index (Phi) is 18.2. The molecule has 0 aliphatic rings. The third kappa shape index (κ3) is 12.9. The Morgan fingerprint density at radius 2 is 0.298 bits per heavy atom. The quantitative estimate of drug-likeness (QED) is 0.103. The highest BCUT2D eigenvalue weighted by molar-refractivity contribution is 6.16. The van der Waals surface area contributed by atoms with Crippen molar-refractivity contribution in [2.45, 2.75) is 0 Å². The Hall–Kier alpha value is -16.4. The zero-order chi connectivity index (χ0) is 82.0. The molecule has 0 unspecified atom stereocenters. The van der Waals surface area contributed by atoms with Gasteiger partial charge in [-0.2, -0.15) is 0 Å². The highest BCUT2D eigenvalue weighted by atomic mass is 15.0. The zero-order valence-corrected chi connectivity index (χ0v) is 68.0. The van der Waals surface area contributed by atoms with Gasteiger partial charge < -0.3 is 18.3 Å². The van der Waals surface area contributed by atoms with Crippen LogP contribution in [-0.2, 0) is 0 Å². The number of nitrogens with zero attached hydrogens (tertiary/aromatic N) is 4. The third-order valence-electron chi connectivity index (χ3n) is 25.1. The van der Waals surface area contributed by atoms with E-state index in [4.69, 9.17) is 0 Å². The van der Waals surface area contributed by atoms with Crippen LogP contribution in [0.4, 0.5) is 0 Å².